The number of halogens is 1. The van der Waals surface area contributed by atoms with Crippen molar-refractivity contribution in [3.05, 3.63) is 59.1 Å². The summed E-state index contributed by atoms with van der Waals surface area (Å²) in [5.74, 6) is 1.45. The van der Waals surface area contributed by atoms with Gasteiger partial charge in [0.25, 0.3) is 5.91 Å². The van der Waals surface area contributed by atoms with Crippen molar-refractivity contribution in [2.45, 2.75) is 37.0 Å². The van der Waals surface area contributed by atoms with Crippen LogP contribution in [-0.2, 0) is 4.79 Å². The number of rotatable bonds is 10. The van der Waals surface area contributed by atoms with E-state index in [0.717, 1.165) is 11.4 Å². The van der Waals surface area contributed by atoms with Crippen LogP contribution in [0, 0.1) is 5.92 Å². The van der Waals surface area contributed by atoms with Crippen LogP contribution in [0.1, 0.15) is 42.5 Å². The molecule has 0 radical (unpaired) electrons. The predicted molar refractivity (Wildman–Crippen MR) is 126 cm³/mol. The molecule has 166 valence electrons. The van der Waals surface area contributed by atoms with Gasteiger partial charge in [-0.15, -0.1) is 11.8 Å². The fourth-order valence-electron chi connectivity index (χ4n) is 3.58. The number of nitrogens with one attached hydrogen (secondary N) is 2. The molecule has 1 fully saturated rings. The summed E-state index contributed by atoms with van der Waals surface area (Å²) in [7, 11) is 0. The van der Waals surface area contributed by atoms with Crippen LogP contribution in [-0.4, -0.2) is 37.3 Å². The molecule has 7 heteroatoms. The Morgan fingerprint density at radius 1 is 1.00 bits per heavy atom. The molecule has 0 aliphatic heterocycles. The van der Waals surface area contributed by atoms with Crippen LogP contribution in [0.4, 0.5) is 0 Å². The second kappa shape index (κ2) is 12.6. The van der Waals surface area contributed by atoms with Gasteiger partial charge in [-0.2, -0.15) is 0 Å². The van der Waals surface area contributed by atoms with Gasteiger partial charge in [0.15, 0.2) is 0 Å². The highest BCUT2D eigenvalue weighted by molar-refractivity contribution is 8.00. The minimum absolute atomic E-state index is 0.0159. The molecule has 0 atom stereocenters. The molecule has 0 bridgehead atoms. The first-order valence-electron chi connectivity index (χ1n) is 10.8. The Hall–Kier alpha value is -2.18. The van der Waals surface area contributed by atoms with Crippen molar-refractivity contribution in [1.82, 2.24) is 10.6 Å². The summed E-state index contributed by atoms with van der Waals surface area (Å²) in [4.78, 5) is 25.6. The van der Waals surface area contributed by atoms with E-state index in [0.29, 0.717) is 41.2 Å². The number of hydrogen-bond acceptors (Lipinski definition) is 4. The number of benzene rings is 2. The van der Waals surface area contributed by atoms with E-state index in [2.05, 4.69) is 10.6 Å². The fraction of sp³-hybridized carbons (Fsp3) is 0.417. The number of amides is 2. The second-order valence-electron chi connectivity index (χ2n) is 7.65. The van der Waals surface area contributed by atoms with Crippen LogP contribution in [0.5, 0.6) is 5.75 Å². The normalized spacial score (nSPS) is 14.1. The van der Waals surface area contributed by atoms with Crippen LogP contribution in [0.25, 0.3) is 0 Å². The van der Waals surface area contributed by atoms with E-state index in [1.165, 1.54) is 43.9 Å². The molecule has 2 N–H and O–H groups in total. The Labute approximate surface area is 193 Å². The summed E-state index contributed by atoms with van der Waals surface area (Å²) in [5.41, 5.74) is 0.569. The summed E-state index contributed by atoms with van der Waals surface area (Å²) in [5, 5.41) is 6.57. The van der Waals surface area contributed by atoms with Crippen LogP contribution in [0.2, 0.25) is 5.02 Å². The fourth-order valence-corrected chi connectivity index (χ4v) is 4.59. The lowest BCUT2D eigenvalue weighted by Gasteiger charge is -2.21. The van der Waals surface area contributed by atoms with Crippen molar-refractivity contribution >= 4 is 35.2 Å². The minimum atomic E-state index is -0.176. The Kier molecular flexibility index (Phi) is 9.56. The third-order valence-corrected chi connectivity index (χ3v) is 6.60. The van der Waals surface area contributed by atoms with Crippen molar-refractivity contribution in [2.75, 3.05) is 25.4 Å². The highest BCUT2D eigenvalue weighted by Crippen LogP contribution is 2.24. The number of carbonyl (C=O) groups excluding carboxylic acids is 2. The van der Waals surface area contributed by atoms with Gasteiger partial charge in [0.1, 0.15) is 12.4 Å². The van der Waals surface area contributed by atoms with E-state index < -0.39 is 0 Å². The van der Waals surface area contributed by atoms with Gasteiger partial charge in [-0.25, -0.2) is 0 Å². The molecular weight excluding hydrogens is 432 g/mol. The average molecular weight is 461 g/mol. The van der Waals surface area contributed by atoms with E-state index in [1.807, 2.05) is 18.2 Å². The molecule has 2 aromatic rings. The van der Waals surface area contributed by atoms with Crippen LogP contribution >= 0.6 is 23.4 Å². The maximum absolute atomic E-state index is 12.6. The third kappa shape index (κ3) is 8.11. The zero-order valence-corrected chi connectivity index (χ0v) is 19.1. The molecule has 31 heavy (non-hydrogen) atoms. The monoisotopic (exact) mass is 460 g/mol. The largest absolute Gasteiger partial charge is 0.492 e. The van der Waals surface area contributed by atoms with Gasteiger partial charge in [0.05, 0.1) is 17.9 Å². The Morgan fingerprint density at radius 3 is 2.52 bits per heavy atom. The van der Waals surface area contributed by atoms with Crippen LogP contribution in [0.3, 0.4) is 0 Å². The van der Waals surface area contributed by atoms with E-state index in [9.17, 15) is 9.59 Å². The van der Waals surface area contributed by atoms with Gasteiger partial charge in [-0.05, 0) is 55.2 Å². The lowest BCUT2D eigenvalue weighted by Crippen LogP contribution is -2.31. The SMILES string of the molecule is O=C(CSc1ccccc1C(=O)NCCOc1ccc(Cl)cc1)NCC1CCCCC1. The molecule has 0 aromatic heterocycles. The van der Waals surface area contributed by atoms with Crippen molar-refractivity contribution in [3.63, 3.8) is 0 Å². The van der Waals surface area contributed by atoms with Gasteiger partial charge < -0.3 is 15.4 Å². The highest BCUT2D eigenvalue weighted by Gasteiger charge is 2.15. The molecule has 0 heterocycles. The Morgan fingerprint density at radius 2 is 1.74 bits per heavy atom. The maximum atomic E-state index is 12.6. The van der Waals surface area contributed by atoms with Gasteiger partial charge in [0.2, 0.25) is 5.91 Å². The number of ether oxygens (including phenoxy) is 1. The average Bonchev–Trinajstić information content (AvgIpc) is 2.81. The highest BCUT2D eigenvalue weighted by atomic mass is 35.5. The number of thioether (sulfide) groups is 1. The standard InChI is InChI=1S/C24H29ClN2O3S/c25-19-10-12-20(13-11-19)30-15-14-26-24(29)21-8-4-5-9-22(21)31-17-23(28)27-16-18-6-2-1-3-7-18/h4-5,8-13,18H,1-3,6-7,14-17H2,(H,26,29)(H,27,28). The second-order valence-corrected chi connectivity index (χ2v) is 9.10. The molecule has 0 saturated heterocycles. The van der Waals surface area contributed by atoms with Crippen molar-refractivity contribution in [1.29, 1.82) is 0 Å². The van der Waals surface area contributed by atoms with E-state index >= 15 is 0 Å². The summed E-state index contributed by atoms with van der Waals surface area (Å²) in [6.45, 7) is 1.49. The number of hydrogen-bond donors (Lipinski definition) is 2. The van der Waals surface area contributed by atoms with Gasteiger partial charge in [-0.1, -0.05) is 43.0 Å². The van der Waals surface area contributed by atoms with E-state index in [-0.39, 0.29) is 11.8 Å². The first kappa shape index (κ1) is 23.5. The van der Waals surface area contributed by atoms with Gasteiger partial charge in [-0.3, -0.25) is 9.59 Å². The lowest BCUT2D eigenvalue weighted by atomic mass is 9.89. The zero-order chi connectivity index (χ0) is 21.9. The van der Waals surface area contributed by atoms with Crippen LogP contribution < -0.4 is 15.4 Å². The number of carbonyl (C=O) groups is 2. The molecule has 1 aliphatic carbocycles. The molecule has 3 rings (SSSR count). The van der Waals surface area contributed by atoms with E-state index in [4.69, 9.17) is 16.3 Å². The Balaban J connectivity index is 1.41. The molecule has 5 nitrogen and oxygen atoms in total. The topological polar surface area (TPSA) is 67.4 Å². The summed E-state index contributed by atoms with van der Waals surface area (Å²) in [6, 6.07) is 14.4. The first-order chi connectivity index (χ1) is 15.1. The molecule has 0 unspecified atom stereocenters. The molecular formula is C24H29ClN2O3S. The third-order valence-electron chi connectivity index (χ3n) is 5.27. The van der Waals surface area contributed by atoms with Crippen molar-refractivity contribution in [2.24, 2.45) is 5.92 Å². The summed E-state index contributed by atoms with van der Waals surface area (Å²) < 4.78 is 5.60. The van der Waals surface area contributed by atoms with Crippen molar-refractivity contribution < 1.29 is 14.3 Å². The molecule has 0 spiro atoms. The minimum Gasteiger partial charge on any atom is -0.492 e. The molecule has 1 saturated carbocycles. The summed E-state index contributed by atoms with van der Waals surface area (Å²) >= 11 is 7.25. The van der Waals surface area contributed by atoms with Crippen LogP contribution in [0.15, 0.2) is 53.4 Å². The van der Waals surface area contributed by atoms with E-state index in [1.54, 1.807) is 30.3 Å². The smallest absolute Gasteiger partial charge is 0.252 e. The van der Waals surface area contributed by atoms with Gasteiger partial charge >= 0.3 is 0 Å². The van der Waals surface area contributed by atoms with Crippen molar-refractivity contribution in [3.8, 4) is 5.75 Å². The molecule has 2 amide bonds. The molecule has 2 aromatic carbocycles. The quantitative estimate of drug-likeness (QED) is 0.389. The molecule has 1 aliphatic rings. The van der Waals surface area contributed by atoms with Gasteiger partial charge in [0, 0.05) is 16.5 Å². The zero-order valence-electron chi connectivity index (χ0n) is 17.6. The Bertz CT molecular complexity index is 854. The summed E-state index contributed by atoms with van der Waals surface area (Å²) in [6.07, 6.45) is 6.26. The predicted octanol–water partition coefficient (Wildman–Crippen LogP) is 4.94. The lowest BCUT2D eigenvalue weighted by molar-refractivity contribution is -0.118. The maximum Gasteiger partial charge on any atom is 0.252 e. The first-order valence-corrected chi connectivity index (χ1v) is 12.1.